The molecule has 0 heterocycles. The van der Waals surface area contributed by atoms with E-state index in [0.717, 1.165) is 31.7 Å². The Labute approximate surface area is 108 Å². The van der Waals surface area contributed by atoms with Crippen LogP contribution in [-0.2, 0) is 5.41 Å². The lowest BCUT2D eigenvalue weighted by Gasteiger charge is -2.26. The summed E-state index contributed by atoms with van der Waals surface area (Å²) in [5, 5.41) is 6.53. The maximum Gasteiger partial charge on any atom is 0.159 e. The Bertz CT molecular complexity index is 378. The van der Waals surface area contributed by atoms with Crippen LogP contribution in [-0.4, -0.2) is 26.2 Å². The predicted octanol–water partition coefficient (Wildman–Crippen LogP) is 2.44. The molecule has 1 aromatic rings. The van der Waals surface area contributed by atoms with Crippen LogP contribution in [0.3, 0.4) is 0 Å². The van der Waals surface area contributed by atoms with Crippen LogP contribution >= 0.6 is 0 Å². The minimum atomic E-state index is -0.797. The lowest BCUT2D eigenvalue weighted by Crippen LogP contribution is -2.36. The van der Waals surface area contributed by atoms with Crippen molar-refractivity contribution in [1.82, 2.24) is 10.6 Å². The number of halogens is 2. The molecule has 0 aromatic heterocycles. The average molecular weight is 256 g/mol. The fourth-order valence-corrected chi connectivity index (χ4v) is 1.77. The Hall–Kier alpha value is -1.00. The molecule has 0 saturated heterocycles. The molecule has 0 atom stereocenters. The topological polar surface area (TPSA) is 24.1 Å². The molecular weight excluding hydrogens is 234 g/mol. The van der Waals surface area contributed by atoms with Crippen molar-refractivity contribution < 1.29 is 8.78 Å². The van der Waals surface area contributed by atoms with E-state index in [1.165, 1.54) is 12.1 Å². The summed E-state index contributed by atoms with van der Waals surface area (Å²) in [7, 11) is 0. The average Bonchev–Trinajstić information content (AvgIpc) is 2.32. The molecule has 0 amide bonds. The third kappa shape index (κ3) is 4.35. The van der Waals surface area contributed by atoms with Crippen molar-refractivity contribution in [3.05, 3.63) is 35.4 Å². The second-order valence-corrected chi connectivity index (χ2v) is 5.04. The first-order valence-corrected chi connectivity index (χ1v) is 6.34. The van der Waals surface area contributed by atoms with Gasteiger partial charge in [0.25, 0.3) is 0 Å². The van der Waals surface area contributed by atoms with E-state index >= 15 is 0 Å². The highest BCUT2D eigenvalue weighted by Crippen LogP contribution is 2.23. The molecule has 4 heteroatoms. The third-order valence-corrected chi connectivity index (χ3v) is 3.00. The number of likely N-dealkylation sites (N-methyl/N-ethyl adjacent to an activating group) is 1. The maximum atomic E-state index is 13.2. The SMILES string of the molecule is CCNCCNCC(C)(C)c1ccc(F)c(F)c1. The number of benzene rings is 1. The van der Waals surface area contributed by atoms with E-state index in [4.69, 9.17) is 0 Å². The first-order valence-electron chi connectivity index (χ1n) is 6.34. The zero-order chi connectivity index (χ0) is 13.6. The number of hydrogen-bond donors (Lipinski definition) is 2. The molecule has 0 bridgehead atoms. The van der Waals surface area contributed by atoms with Crippen molar-refractivity contribution in [1.29, 1.82) is 0 Å². The second kappa shape index (κ2) is 6.81. The fourth-order valence-electron chi connectivity index (χ4n) is 1.77. The van der Waals surface area contributed by atoms with E-state index in [2.05, 4.69) is 17.6 Å². The molecule has 18 heavy (non-hydrogen) atoms. The van der Waals surface area contributed by atoms with Gasteiger partial charge in [-0.05, 0) is 24.2 Å². The Morgan fingerprint density at radius 2 is 1.72 bits per heavy atom. The van der Waals surface area contributed by atoms with Crippen molar-refractivity contribution in [3.8, 4) is 0 Å². The Kier molecular flexibility index (Phi) is 5.69. The molecule has 0 radical (unpaired) electrons. The van der Waals surface area contributed by atoms with Gasteiger partial charge in [-0.2, -0.15) is 0 Å². The highest BCUT2D eigenvalue weighted by Gasteiger charge is 2.21. The van der Waals surface area contributed by atoms with Gasteiger partial charge in [-0.15, -0.1) is 0 Å². The van der Waals surface area contributed by atoms with Crippen molar-refractivity contribution in [2.24, 2.45) is 0 Å². The van der Waals surface area contributed by atoms with Crippen LogP contribution in [0.2, 0.25) is 0 Å². The molecule has 0 unspecified atom stereocenters. The highest BCUT2D eigenvalue weighted by molar-refractivity contribution is 5.25. The molecule has 0 fully saturated rings. The summed E-state index contributed by atoms with van der Waals surface area (Å²) in [5.41, 5.74) is 0.582. The molecule has 0 aliphatic carbocycles. The fraction of sp³-hybridized carbons (Fsp3) is 0.571. The van der Waals surface area contributed by atoms with Gasteiger partial charge in [-0.25, -0.2) is 8.78 Å². The van der Waals surface area contributed by atoms with Crippen LogP contribution in [0.4, 0.5) is 8.78 Å². The summed E-state index contributed by atoms with van der Waals surface area (Å²) in [4.78, 5) is 0. The van der Waals surface area contributed by atoms with Gasteiger partial charge in [0.2, 0.25) is 0 Å². The standard InChI is InChI=1S/C14H22F2N2/c1-4-17-7-8-18-10-14(2,3)11-5-6-12(15)13(16)9-11/h5-6,9,17-18H,4,7-8,10H2,1-3H3. The smallest absolute Gasteiger partial charge is 0.159 e. The molecule has 0 spiro atoms. The summed E-state index contributed by atoms with van der Waals surface area (Å²) >= 11 is 0. The number of nitrogens with one attached hydrogen (secondary N) is 2. The Morgan fingerprint density at radius 1 is 1.06 bits per heavy atom. The van der Waals surface area contributed by atoms with E-state index in [9.17, 15) is 8.78 Å². The molecule has 1 aromatic carbocycles. The van der Waals surface area contributed by atoms with E-state index < -0.39 is 11.6 Å². The summed E-state index contributed by atoms with van der Waals surface area (Å²) in [6, 6.07) is 4.11. The van der Waals surface area contributed by atoms with Crippen LogP contribution in [0.5, 0.6) is 0 Å². The molecule has 1 rings (SSSR count). The molecule has 0 aliphatic heterocycles. The van der Waals surface area contributed by atoms with Crippen LogP contribution in [0.25, 0.3) is 0 Å². The summed E-state index contributed by atoms with van der Waals surface area (Å²) < 4.78 is 26.1. The Morgan fingerprint density at radius 3 is 2.33 bits per heavy atom. The summed E-state index contributed by atoms with van der Waals surface area (Å²) in [5.74, 6) is -1.58. The van der Waals surface area contributed by atoms with Crippen molar-refractivity contribution in [2.75, 3.05) is 26.2 Å². The van der Waals surface area contributed by atoms with Gasteiger partial charge in [-0.1, -0.05) is 26.8 Å². The van der Waals surface area contributed by atoms with Crippen LogP contribution in [0, 0.1) is 11.6 Å². The normalized spacial score (nSPS) is 11.8. The third-order valence-electron chi connectivity index (χ3n) is 3.00. The van der Waals surface area contributed by atoms with Gasteiger partial charge in [0.1, 0.15) is 0 Å². The molecular formula is C14H22F2N2. The molecule has 2 N–H and O–H groups in total. The van der Waals surface area contributed by atoms with Gasteiger partial charge >= 0.3 is 0 Å². The van der Waals surface area contributed by atoms with E-state index in [0.29, 0.717) is 0 Å². The first kappa shape index (κ1) is 15.1. The van der Waals surface area contributed by atoms with Crippen LogP contribution < -0.4 is 10.6 Å². The van der Waals surface area contributed by atoms with E-state index in [1.54, 1.807) is 6.07 Å². The van der Waals surface area contributed by atoms with Gasteiger partial charge in [0.15, 0.2) is 11.6 Å². The minimum Gasteiger partial charge on any atom is -0.316 e. The molecule has 2 nitrogen and oxygen atoms in total. The second-order valence-electron chi connectivity index (χ2n) is 5.04. The maximum absolute atomic E-state index is 13.2. The zero-order valence-electron chi connectivity index (χ0n) is 11.3. The van der Waals surface area contributed by atoms with Gasteiger partial charge in [0, 0.05) is 25.0 Å². The lowest BCUT2D eigenvalue weighted by molar-refractivity contribution is 0.455. The van der Waals surface area contributed by atoms with E-state index in [1.807, 2.05) is 13.8 Å². The molecule has 102 valence electrons. The summed E-state index contributed by atoms with van der Waals surface area (Å²) in [6.45, 7) is 9.54. The largest absolute Gasteiger partial charge is 0.316 e. The summed E-state index contributed by atoms with van der Waals surface area (Å²) in [6.07, 6.45) is 0. The first-order chi connectivity index (χ1) is 8.47. The highest BCUT2D eigenvalue weighted by atomic mass is 19.2. The quantitative estimate of drug-likeness (QED) is 0.732. The molecule has 0 aliphatic rings. The monoisotopic (exact) mass is 256 g/mol. The van der Waals surface area contributed by atoms with Gasteiger partial charge in [0.05, 0.1) is 0 Å². The molecule has 0 saturated carbocycles. The van der Waals surface area contributed by atoms with Gasteiger partial charge in [-0.3, -0.25) is 0 Å². The lowest BCUT2D eigenvalue weighted by atomic mass is 9.84. The van der Waals surface area contributed by atoms with Crippen LogP contribution in [0.1, 0.15) is 26.3 Å². The minimum absolute atomic E-state index is 0.221. The number of rotatable bonds is 7. The zero-order valence-corrected chi connectivity index (χ0v) is 11.3. The van der Waals surface area contributed by atoms with Crippen LogP contribution in [0.15, 0.2) is 18.2 Å². The van der Waals surface area contributed by atoms with Crippen molar-refractivity contribution in [3.63, 3.8) is 0 Å². The van der Waals surface area contributed by atoms with Gasteiger partial charge < -0.3 is 10.6 Å². The Balaban J connectivity index is 2.54. The van der Waals surface area contributed by atoms with Crippen molar-refractivity contribution in [2.45, 2.75) is 26.2 Å². The number of hydrogen-bond acceptors (Lipinski definition) is 2. The predicted molar refractivity (Wildman–Crippen MR) is 70.8 cm³/mol. The van der Waals surface area contributed by atoms with E-state index in [-0.39, 0.29) is 5.41 Å². The van der Waals surface area contributed by atoms with Crippen molar-refractivity contribution >= 4 is 0 Å².